The standard InChI is InChI=1S/C22H19BrCl2N6O5/c1-10-6-12(24)7-13(21(35)28-11(2)20(34)27-9-17(32)33)18(10)29-22(36)15-8-16(23)30-31(15)19-14(25)4-3-5-26-19/h3-8,11H,9H2,1-2H3,(H,27,34)(H,28,35)(H,29,36)(H,32,33)/t11-/m0/s1. The number of carbonyl (C=O) groups is 4. The average molecular weight is 598 g/mol. The Kier molecular flexibility index (Phi) is 8.66. The van der Waals surface area contributed by atoms with Gasteiger partial charge in [0.05, 0.1) is 16.3 Å². The third kappa shape index (κ3) is 6.39. The van der Waals surface area contributed by atoms with Crippen molar-refractivity contribution in [1.82, 2.24) is 25.4 Å². The second-order valence-electron chi connectivity index (χ2n) is 7.48. The third-order valence-electron chi connectivity index (χ3n) is 4.79. The summed E-state index contributed by atoms with van der Waals surface area (Å²) in [6.45, 7) is 2.43. The maximum atomic E-state index is 13.3. The number of rotatable bonds is 8. The van der Waals surface area contributed by atoms with Crippen LogP contribution in [0.1, 0.15) is 33.3 Å². The fraction of sp³-hybridized carbons (Fsp3) is 0.182. The van der Waals surface area contributed by atoms with Crippen LogP contribution in [-0.2, 0) is 9.59 Å². The van der Waals surface area contributed by atoms with Crippen LogP contribution in [0.2, 0.25) is 10.0 Å². The van der Waals surface area contributed by atoms with Gasteiger partial charge in [0.25, 0.3) is 11.8 Å². The molecule has 14 heteroatoms. The molecule has 0 aliphatic heterocycles. The van der Waals surface area contributed by atoms with E-state index in [1.165, 1.54) is 29.9 Å². The van der Waals surface area contributed by atoms with E-state index in [2.05, 4.69) is 42.0 Å². The number of aliphatic carboxylic acids is 1. The smallest absolute Gasteiger partial charge is 0.322 e. The Morgan fingerprint density at radius 3 is 2.56 bits per heavy atom. The van der Waals surface area contributed by atoms with E-state index in [1.54, 1.807) is 25.1 Å². The first-order valence-corrected chi connectivity index (χ1v) is 11.8. The monoisotopic (exact) mass is 596 g/mol. The highest BCUT2D eigenvalue weighted by molar-refractivity contribution is 9.10. The van der Waals surface area contributed by atoms with Gasteiger partial charge >= 0.3 is 5.97 Å². The first-order chi connectivity index (χ1) is 17.0. The molecule has 3 aromatic rings. The molecule has 4 N–H and O–H groups in total. The fourth-order valence-corrected chi connectivity index (χ4v) is 3.98. The van der Waals surface area contributed by atoms with Crippen LogP contribution in [0.3, 0.4) is 0 Å². The number of carboxylic acids is 1. The molecule has 0 fully saturated rings. The van der Waals surface area contributed by atoms with Gasteiger partial charge in [-0.25, -0.2) is 9.67 Å². The van der Waals surface area contributed by atoms with E-state index in [0.717, 1.165) is 0 Å². The molecule has 3 amide bonds. The van der Waals surface area contributed by atoms with Crippen molar-refractivity contribution >= 4 is 68.5 Å². The Hall–Kier alpha value is -3.48. The highest BCUT2D eigenvalue weighted by Gasteiger charge is 2.24. The normalized spacial score (nSPS) is 11.5. The lowest BCUT2D eigenvalue weighted by Gasteiger charge is -2.18. The maximum absolute atomic E-state index is 13.3. The number of pyridine rings is 1. The summed E-state index contributed by atoms with van der Waals surface area (Å²) in [5.41, 5.74) is 0.692. The van der Waals surface area contributed by atoms with Crippen LogP contribution in [0.15, 0.2) is 41.1 Å². The van der Waals surface area contributed by atoms with Crippen LogP contribution in [0.4, 0.5) is 5.69 Å². The molecule has 0 saturated heterocycles. The molecular weight excluding hydrogens is 579 g/mol. The highest BCUT2D eigenvalue weighted by Crippen LogP contribution is 2.28. The molecule has 2 aromatic heterocycles. The molecule has 188 valence electrons. The molecule has 0 aliphatic carbocycles. The molecule has 0 aliphatic rings. The number of carboxylic acid groups (broad SMARTS) is 1. The molecule has 0 bridgehead atoms. The minimum absolute atomic E-state index is 0.00719. The van der Waals surface area contributed by atoms with Gasteiger partial charge in [-0.3, -0.25) is 19.2 Å². The molecular formula is C22H19BrCl2N6O5. The van der Waals surface area contributed by atoms with Gasteiger partial charge in [0.2, 0.25) is 5.91 Å². The number of carbonyl (C=O) groups excluding carboxylic acids is 3. The van der Waals surface area contributed by atoms with Gasteiger partial charge < -0.3 is 21.1 Å². The summed E-state index contributed by atoms with van der Waals surface area (Å²) in [7, 11) is 0. The summed E-state index contributed by atoms with van der Waals surface area (Å²) < 4.78 is 1.60. The predicted octanol–water partition coefficient (Wildman–Crippen LogP) is 3.22. The van der Waals surface area contributed by atoms with Crippen LogP contribution in [-0.4, -0.2) is 56.1 Å². The first-order valence-electron chi connectivity index (χ1n) is 10.3. The molecule has 0 unspecified atom stereocenters. The van der Waals surface area contributed by atoms with E-state index in [0.29, 0.717) is 10.2 Å². The van der Waals surface area contributed by atoms with Crippen molar-refractivity contribution in [3.05, 3.63) is 68.0 Å². The maximum Gasteiger partial charge on any atom is 0.322 e. The minimum atomic E-state index is -1.23. The number of amides is 3. The van der Waals surface area contributed by atoms with Gasteiger partial charge in [0.1, 0.15) is 22.9 Å². The number of aromatic nitrogens is 3. The SMILES string of the molecule is Cc1cc(Cl)cc(C(=O)N[C@@H](C)C(=O)NCC(=O)O)c1NC(=O)c1cc(Br)nn1-c1ncccc1Cl. The van der Waals surface area contributed by atoms with Crippen molar-refractivity contribution in [2.24, 2.45) is 0 Å². The Morgan fingerprint density at radius 1 is 1.17 bits per heavy atom. The van der Waals surface area contributed by atoms with Gasteiger partial charge in [-0.2, -0.15) is 5.10 Å². The van der Waals surface area contributed by atoms with Crippen LogP contribution in [0.5, 0.6) is 0 Å². The Bertz CT molecular complexity index is 1360. The number of hydrogen-bond donors (Lipinski definition) is 4. The molecule has 2 heterocycles. The van der Waals surface area contributed by atoms with Crippen LogP contribution >= 0.6 is 39.1 Å². The molecule has 0 spiro atoms. The molecule has 1 aromatic carbocycles. The summed E-state index contributed by atoms with van der Waals surface area (Å²) in [5, 5.41) is 20.8. The lowest BCUT2D eigenvalue weighted by atomic mass is 10.1. The van der Waals surface area contributed by atoms with Gasteiger partial charge in [0.15, 0.2) is 5.82 Å². The average Bonchev–Trinajstić information content (AvgIpc) is 3.20. The number of anilines is 1. The predicted molar refractivity (Wildman–Crippen MR) is 136 cm³/mol. The van der Waals surface area contributed by atoms with Gasteiger partial charge in [-0.05, 0) is 59.6 Å². The van der Waals surface area contributed by atoms with Crippen LogP contribution in [0.25, 0.3) is 5.82 Å². The van der Waals surface area contributed by atoms with Crippen molar-refractivity contribution in [3.63, 3.8) is 0 Å². The summed E-state index contributed by atoms with van der Waals surface area (Å²) in [6, 6.07) is 6.52. The minimum Gasteiger partial charge on any atom is -0.480 e. The van der Waals surface area contributed by atoms with E-state index in [4.69, 9.17) is 28.3 Å². The molecule has 11 nitrogen and oxygen atoms in total. The number of nitrogens with one attached hydrogen (secondary N) is 3. The zero-order valence-corrected chi connectivity index (χ0v) is 21.9. The molecule has 36 heavy (non-hydrogen) atoms. The van der Waals surface area contributed by atoms with Crippen molar-refractivity contribution in [2.75, 3.05) is 11.9 Å². The summed E-state index contributed by atoms with van der Waals surface area (Å²) in [5.74, 6) is -3.04. The summed E-state index contributed by atoms with van der Waals surface area (Å²) >= 11 is 15.6. The van der Waals surface area contributed by atoms with E-state index >= 15 is 0 Å². The van der Waals surface area contributed by atoms with Crippen molar-refractivity contribution in [2.45, 2.75) is 19.9 Å². The van der Waals surface area contributed by atoms with E-state index in [1.807, 2.05) is 0 Å². The number of hydrogen-bond acceptors (Lipinski definition) is 6. The topological polar surface area (TPSA) is 155 Å². The zero-order valence-electron chi connectivity index (χ0n) is 18.8. The summed E-state index contributed by atoms with van der Waals surface area (Å²) in [6.07, 6.45) is 1.50. The third-order valence-corrected chi connectivity index (χ3v) is 5.69. The van der Waals surface area contributed by atoms with E-state index in [-0.39, 0.29) is 32.8 Å². The zero-order chi connectivity index (χ0) is 26.6. The quantitative estimate of drug-likeness (QED) is 0.311. The van der Waals surface area contributed by atoms with Crippen molar-refractivity contribution in [1.29, 1.82) is 0 Å². The number of aryl methyl sites for hydroxylation is 1. The largest absolute Gasteiger partial charge is 0.480 e. The first kappa shape index (κ1) is 27.1. The number of nitrogens with zero attached hydrogens (tertiary/aromatic N) is 3. The second kappa shape index (κ2) is 11.5. The van der Waals surface area contributed by atoms with Crippen molar-refractivity contribution < 1.29 is 24.3 Å². The van der Waals surface area contributed by atoms with Gasteiger partial charge in [-0.15, -0.1) is 0 Å². The number of benzene rings is 1. The van der Waals surface area contributed by atoms with Gasteiger partial charge in [0, 0.05) is 17.3 Å². The molecule has 0 radical (unpaired) electrons. The number of halogens is 3. The Labute approximate surface area is 223 Å². The van der Waals surface area contributed by atoms with E-state index in [9.17, 15) is 19.2 Å². The molecule has 3 rings (SSSR count). The van der Waals surface area contributed by atoms with Gasteiger partial charge in [-0.1, -0.05) is 23.2 Å². The Morgan fingerprint density at radius 2 is 1.89 bits per heavy atom. The highest BCUT2D eigenvalue weighted by atomic mass is 79.9. The Balaban J connectivity index is 1.90. The fourth-order valence-electron chi connectivity index (χ4n) is 3.13. The molecule has 1 atom stereocenters. The molecule has 0 saturated carbocycles. The second-order valence-corrected chi connectivity index (χ2v) is 9.14. The van der Waals surface area contributed by atoms with Crippen LogP contribution in [0, 0.1) is 6.92 Å². The van der Waals surface area contributed by atoms with E-state index < -0.39 is 36.3 Å². The summed E-state index contributed by atoms with van der Waals surface area (Å²) in [4.78, 5) is 53.2. The lowest BCUT2D eigenvalue weighted by Crippen LogP contribution is -2.46. The lowest BCUT2D eigenvalue weighted by molar-refractivity contribution is -0.138. The van der Waals surface area contributed by atoms with Crippen molar-refractivity contribution in [3.8, 4) is 5.82 Å². The van der Waals surface area contributed by atoms with Crippen LogP contribution < -0.4 is 16.0 Å².